The van der Waals surface area contributed by atoms with Gasteiger partial charge in [0.25, 0.3) is 5.91 Å². The molecule has 0 saturated carbocycles. The van der Waals surface area contributed by atoms with Gasteiger partial charge in [0.15, 0.2) is 5.78 Å². The van der Waals surface area contributed by atoms with Crippen molar-refractivity contribution in [1.29, 1.82) is 0 Å². The molecule has 1 unspecified atom stereocenters. The first-order chi connectivity index (χ1) is 14.8. The fraction of sp³-hybridized carbons (Fsp3) is 0.304. The molecule has 0 bridgehead atoms. The molecule has 2 aromatic carbocycles. The van der Waals surface area contributed by atoms with Crippen molar-refractivity contribution in [2.24, 2.45) is 0 Å². The SMILES string of the molecule is CCC1(c2ccc(F)cc2)NC(=O)N(CC(=O)c2ccc(CCNC(C)=O)cc2)C1=O. The van der Waals surface area contributed by atoms with Crippen molar-refractivity contribution in [3.63, 3.8) is 0 Å². The van der Waals surface area contributed by atoms with E-state index in [-0.39, 0.29) is 18.1 Å². The molecule has 4 amide bonds. The molecule has 1 saturated heterocycles. The van der Waals surface area contributed by atoms with Gasteiger partial charge in [-0.25, -0.2) is 9.18 Å². The summed E-state index contributed by atoms with van der Waals surface area (Å²) >= 11 is 0. The van der Waals surface area contributed by atoms with Crippen molar-refractivity contribution in [3.05, 3.63) is 71.0 Å². The van der Waals surface area contributed by atoms with E-state index in [9.17, 15) is 23.6 Å². The van der Waals surface area contributed by atoms with Crippen LogP contribution in [0.3, 0.4) is 0 Å². The van der Waals surface area contributed by atoms with Crippen LogP contribution in [-0.4, -0.2) is 41.6 Å². The van der Waals surface area contributed by atoms with Gasteiger partial charge in [-0.2, -0.15) is 0 Å². The highest BCUT2D eigenvalue weighted by Gasteiger charge is 2.51. The molecule has 2 aromatic rings. The summed E-state index contributed by atoms with van der Waals surface area (Å²) in [6, 6.07) is 11.5. The van der Waals surface area contributed by atoms with Crippen molar-refractivity contribution in [2.45, 2.75) is 32.2 Å². The number of carbonyl (C=O) groups is 4. The maximum absolute atomic E-state index is 13.3. The Labute approximate surface area is 179 Å². The molecule has 0 radical (unpaired) electrons. The van der Waals surface area contributed by atoms with Crippen molar-refractivity contribution in [2.75, 3.05) is 13.1 Å². The average Bonchev–Trinajstić information content (AvgIpc) is 2.99. The third-order valence-corrected chi connectivity index (χ3v) is 5.41. The van der Waals surface area contributed by atoms with Gasteiger partial charge in [-0.15, -0.1) is 0 Å². The largest absolute Gasteiger partial charge is 0.356 e. The zero-order chi connectivity index (χ0) is 22.6. The molecular formula is C23H24FN3O4. The van der Waals surface area contributed by atoms with E-state index >= 15 is 0 Å². The summed E-state index contributed by atoms with van der Waals surface area (Å²) in [7, 11) is 0. The van der Waals surface area contributed by atoms with E-state index < -0.39 is 29.8 Å². The number of hydrogen-bond acceptors (Lipinski definition) is 4. The summed E-state index contributed by atoms with van der Waals surface area (Å²) in [6.45, 7) is 3.29. The third kappa shape index (κ3) is 4.63. The lowest BCUT2D eigenvalue weighted by Gasteiger charge is -2.25. The van der Waals surface area contributed by atoms with E-state index in [0.29, 0.717) is 24.1 Å². The topological polar surface area (TPSA) is 95.6 Å². The lowest BCUT2D eigenvalue weighted by Crippen LogP contribution is -2.43. The molecule has 0 aromatic heterocycles. The molecule has 1 atom stereocenters. The molecule has 2 N–H and O–H groups in total. The second-order valence-electron chi connectivity index (χ2n) is 7.44. The highest BCUT2D eigenvalue weighted by molar-refractivity contribution is 6.11. The Balaban J connectivity index is 1.71. The molecule has 8 heteroatoms. The molecule has 162 valence electrons. The first kappa shape index (κ1) is 22.1. The Morgan fingerprint density at radius 1 is 1.06 bits per heavy atom. The Bertz CT molecular complexity index is 1000. The van der Waals surface area contributed by atoms with Crippen LogP contribution in [0.15, 0.2) is 48.5 Å². The van der Waals surface area contributed by atoms with Crippen molar-refractivity contribution in [3.8, 4) is 0 Å². The van der Waals surface area contributed by atoms with E-state index in [4.69, 9.17) is 0 Å². The van der Waals surface area contributed by atoms with Gasteiger partial charge < -0.3 is 10.6 Å². The van der Waals surface area contributed by atoms with Crippen LogP contribution in [0, 0.1) is 5.82 Å². The minimum absolute atomic E-state index is 0.107. The third-order valence-electron chi connectivity index (χ3n) is 5.41. The van der Waals surface area contributed by atoms with Crippen LogP contribution in [0.25, 0.3) is 0 Å². The predicted molar refractivity (Wildman–Crippen MR) is 112 cm³/mol. The average molecular weight is 425 g/mol. The summed E-state index contributed by atoms with van der Waals surface area (Å²) in [4.78, 5) is 50.2. The number of benzene rings is 2. The Hall–Kier alpha value is -3.55. The highest BCUT2D eigenvalue weighted by atomic mass is 19.1. The summed E-state index contributed by atoms with van der Waals surface area (Å²) < 4.78 is 13.3. The van der Waals surface area contributed by atoms with Crippen LogP contribution in [0.4, 0.5) is 9.18 Å². The van der Waals surface area contributed by atoms with E-state index in [1.807, 2.05) is 0 Å². The van der Waals surface area contributed by atoms with Gasteiger partial charge in [-0.05, 0) is 36.1 Å². The molecule has 3 rings (SSSR count). The van der Waals surface area contributed by atoms with Crippen LogP contribution < -0.4 is 10.6 Å². The van der Waals surface area contributed by atoms with Crippen molar-refractivity contribution >= 4 is 23.6 Å². The molecule has 1 aliphatic rings. The molecule has 1 heterocycles. The molecule has 0 spiro atoms. The molecule has 31 heavy (non-hydrogen) atoms. The molecule has 1 aliphatic heterocycles. The summed E-state index contributed by atoms with van der Waals surface area (Å²) in [5.74, 6) is -1.46. The first-order valence-electron chi connectivity index (χ1n) is 10.0. The lowest BCUT2D eigenvalue weighted by atomic mass is 9.87. The Kier molecular flexibility index (Phi) is 6.48. The minimum Gasteiger partial charge on any atom is -0.356 e. The van der Waals surface area contributed by atoms with Crippen molar-refractivity contribution in [1.82, 2.24) is 15.5 Å². The van der Waals surface area contributed by atoms with Gasteiger partial charge in [-0.1, -0.05) is 43.3 Å². The fourth-order valence-corrected chi connectivity index (χ4v) is 3.62. The van der Waals surface area contributed by atoms with Crippen LogP contribution in [0.1, 0.15) is 41.8 Å². The number of carbonyl (C=O) groups excluding carboxylic acids is 4. The summed E-state index contributed by atoms with van der Waals surface area (Å²) in [5, 5.41) is 5.38. The van der Waals surface area contributed by atoms with Crippen LogP contribution in [0.2, 0.25) is 0 Å². The smallest absolute Gasteiger partial charge is 0.325 e. The zero-order valence-electron chi connectivity index (χ0n) is 17.4. The van der Waals surface area contributed by atoms with Gasteiger partial charge in [0, 0.05) is 19.0 Å². The first-order valence-corrected chi connectivity index (χ1v) is 10.0. The number of imide groups is 1. The second kappa shape index (κ2) is 9.07. The molecular weight excluding hydrogens is 401 g/mol. The van der Waals surface area contributed by atoms with Gasteiger partial charge in [-0.3, -0.25) is 19.3 Å². The number of ketones is 1. The number of amides is 4. The quantitative estimate of drug-likeness (QED) is 0.502. The second-order valence-corrected chi connectivity index (χ2v) is 7.44. The summed E-state index contributed by atoms with van der Waals surface area (Å²) in [6.07, 6.45) is 0.884. The van der Waals surface area contributed by atoms with Crippen LogP contribution in [0.5, 0.6) is 0 Å². The zero-order valence-corrected chi connectivity index (χ0v) is 17.4. The van der Waals surface area contributed by atoms with Crippen molar-refractivity contribution < 1.29 is 23.6 Å². The molecule has 7 nitrogen and oxygen atoms in total. The van der Waals surface area contributed by atoms with Gasteiger partial charge in [0.05, 0.1) is 6.54 Å². The predicted octanol–water partition coefficient (Wildman–Crippen LogP) is 2.54. The molecule has 0 aliphatic carbocycles. The number of hydrogen-bond donors (Lipinski definition) is 2. The minimum atomic E-state index is -1.32. The monoisotopic (exact) mass is 425 g/mol. The van der Waals surface area contributed by atoms with Gasteiger partial charge in [0.2, 0.25) is 5.91 Å². The normalized spacial score (nSPS) is 18.1. The number of nitrogens with zero attached hydrogens (tertiary/aromatic N) is 1. The number of halogens is 1. The maximum Gasteiger partial charge on any atom is 0.325 e. The number of rotatable bonds is 8. The fourth-order valence-electron chi connectivity index (χ4n) is 3.62. The number of Topliss-reactive ketones (excluding diaryl/α,β-unsaturated/α-hetero) is 1. The number of nitrogens with one attached hydrogen (secondary N) is 2. The van der Waals surface area contributed by atoms with Crippen LogP contribution >= 0.6 is 0 Å². The van der Waals surface area contributed by atoms with Gasteiger partial charge in [0.1, 0.15) is 11.4 Å². The Morgan fingerprint density at radius 2 is 1.71 bits per heavy atom. The van der Waals surface area contributed by atoms with E-state index in [1.165, 1.54) is 31.2 Å². The maximum atomic E-state index is 13.3. The van der Waals surface area contributed by atoms with E-state index in [0.717, 1.165) is 10.5 Å². The van der Waals surface area contributed by atoms with Crippen LogP contribution in [-0.2, 0) is 21.5 Å². The highest BCUT2D eigenvalue weighted by Crippen LogP contribution is 2.32. The molecule has 1 fully saturated rings. The van der Waals surface area contributed by atoms with Gasteiger partial charge >= 0.3 is 6.03 Å². The standard InChI is InChI=1S/C23H24FN3O4/c1-3-23(18-8-10-19(24)11-9-18)21(30)27(22(31)26-23)14-20(29)17-6-4-16(5-7-17)12-13-25-15(2)28/h4-11H,3,12-14H2,1-2H3,(H,25,28)(H,26,31). The summed E-state index contributed by atoms with van der Waals surface area (Å²) in [5.41, 5.74) is 0.466. The Morgan fingerprint density at radius 3 is 2.29 bits per heavy atom. The number of urea groups is 1. The van der Waals surface area contributed by atoms with E-state index in [1.54, 1.807) is 31.2 Å². The lowest BCUT2D eigenvalue weighted by molar-refractivity contribution is -0.131. The van der Waals surface area contributed by atoms with E-state index in [2.05, 4.69) is 10.6 Å².